The van der Waals surface area contributed by atoms with Crippen LogP contribution in [0.25, 0.3) is 0 Å². The van der Waals surface area contributed by atoms with Crippen molar-refractivity contribution in [2.24, 2.45) is 0 Å². The monoisotopic (exact) mass is 406 g/mol. The molecule has 1 aliphatic heterocycles. The molecule has 0 bridgehead atoms. The molecule has 0 unspecified atom stereocenters. The van der Waals surface area contributed by atoms with E-state index in [0.29, 0.717) is 43.0 Å². The summed E-state index contributed by atoms with van der Waals surface area (Å²) in [5.41, 5.74) is 1.55. The third-order valence-electron chi connectivity index (χ3n) is 5.44. The molecule has 1 aliphatic rings. The minimum atomic E-state index is -1.24. The number of carbonyl (C=O) groups is 2. The first-order chi connectivity index (χ1) is 14.4. The van der Waals surface area contributed by atoms with Crippen LogP contribution in [-0.4, -0.2) is 42.5 Å². The minimum absolute atomic E-state index is 0.0753. The lowest BCUT2D eigenvalue weighted by Gasteiger charge is -2.29. The highest BCUT2D eigenvalue weighted by Crippen LogP contribution is 2.21. The minimum Gasteiger partial charge on any atom is -0.477 e. The molecule has 1 N–H and O–H groups in total. The number of fused-ring (bicyclic) bond motifs is 1. The maximum Gasteiger partial charge on any atom is 0.341 e. The van der Waals surface area contributed by atoms with E-state index in [1.54, 1.807) is 17.3 Å². The lowest BCUT2D eigenvalue weighted by Crippen LogP contribution is -2.39. The zero-order chi connectivity index (χ0) is 21.3. The van der Waals surface area contributed by atoms with Crippen molar-refractivity contribution in [2.45, 2.75) is 33.0 Å². The first-order valence-electron chi connectivity index (χ1n) is 9.72. The number of benzene rings is 1. The molecule has 3 heterocycles. The van der Waals surface area contributed by atoms with Gasteiger partial charge in [0.25, 0.3) is 5.56 Å². The van der Waals surface area contributed by atoms with Gasteiger partial charge in [0.05, 0.1) is 6.54 Å². The highest BCUT2D eigenvalue weighted by molar-refractivity contribution is 5.89. The number of hydrogen-bond acceptors (Lipinski definition) is 4. The molecule has 8 nitrogen and oxygen atoms in total. The fourth-order valence-electron chi connectivity index (χ4n) is 3.89. The Balaban J connectivity index is 1.71. The van der Waals surface area contributed by atoms with Crippen LogP contribution in [-0.2, 0) is 30.8 Å². The summed E-state index contributed by atoms with van der Waals surface area (Å²) in [6.07, 6.45) is 5.52. The van der Waals surface area contributed by atoms with Gasteiger partial charge >= 0.3 is 5.97 Å². The van der Waals surface area contributed by atoms with E-state index in [2.05, 4.69) is 4.98 Å². The van der Waals surface area contributed by atoms with Crippen LogP contribution in [0.3, 0.4) is 0 Å². The van der Waals surface area contributed by atoms with Crippen molar-refractivity contribution < 1.29 is 14.7 Å². The second-order valence-corrected chi connectivity index (χ2v) is 7.39. The number of pyridine rings is 1. The number of rotatable bonds is 5. The van der Waals surface area contributed by atoms with Crippen molar-refractivity contribution in [1.29, 1.82) is 0 Å². The fraction of sp³-hybridized carbons (Fsp3) is 0.273. The number of nitrogens with zero attached hydrogens (tertiary/aromatic N) is 4. The maximum atomic E-state index is 13.0. The van der Waals surface area contributed by atoms with Crippen LogP contribution >= 0.6 is 0 Å². The number of carbonyl (C=O) groups excluding carboxylic acids is 1. The van der Waals surface area contributed by atoms with E-state index in [4.69, 9.17) is 0 Å². The topological polar surface area (TPSA) is 97.4 Å². The van der Waals surface area contributed by atoms with Gasteiger partial charge in [0.1, 0.15) is 11.4 Å². The van der Waals surface area contributed by atoms with Gasteiger partial charge in [-0.2, -0.15) is 0 Å². The summed E-state index contributed by atoms with van der Waals surface area (Å²) in [6.45, 7) is 2.93. The molecule has 0 saturated heterocycles. The second kappa shape index (κ2) is 7.98. The van der Waals surface area contributed by atoms with E-state index in [1.165, 1.54) is 11.5 Å². The molecule has 30 heavy (non-hydrogen) atoms. The van der Waals surface area contributed by atoms with E-state index in [-0.39, 0.29) is 18.0 Å². The van der Waals surface area contributed by atoms with Crippen molar-refractivity contribution >= 4 is 11.9 Å². The third-order valence-corrected chi connectivity index (χ3v) is 5.44. The van der Waals surface area contributed by atoms with E-state index >= 15 is 0 Å². The molecular weight excluding hydrogens is 384 g/mol. The largest absolute Gasteiger partial charge is 0.477 e. The Bertz CT molecular complexity index is 1160. The van der Waals surface area contributed by atoms with E-state index < -0.39 is 11.5 Å². The van der Waals surface area contributed by atoms with Gasteiger partial charge in [-0.3, -0.25) is 9.59 Å². The number of carboxylic acids is 1. The highest BCUT2D eigenvalue weighted by Gasteiger charge is 2.27. The summed E-state index contributed by atoms with van der Waals surface area (Å²) < 4.78 is 3.32. The van der Waals surface area contributed by atoms with E-state index in [0.717, 1.165) is 5.56 Å². The van der Waals surface area contributed by atoms with Gasteiger partial charge in [0.2, 0.25) is 5.91 Å². The van der Waals surface area contributed by atoms with Crippen LogP contribution < -0.4 is 5.56 Å². The number of aromatic carboxylic acids is 1. The van der Waals surface area contributed by atoms with Gasteiger partial charge in [0.15, 0.2) is 0 Å². The summed E-state index contributed by atoms with van der Waals surface area (Å²) in [5.74, 6) is -0.667. The zero-order valence-electron chi connectivity index (χ0n) is 16.6. The first kappa shape index (κ1) is 19.6. The lowest BCUT2D eigenvalue weighted by atomic mass is 9.96. The average Bonchev–Trinajstić information content (AvgIpc) is 3.15. The van der Waals surface area contributed by atoms with Crippen molar-refractivity contribution in [3.05, 3.63) is 87.4 Å². The quantitative estimate of drug-likeness (QED) is 0.696. The summed E-state index contributed by atoms with van der Waals surface area (Å²) >= 11 is 0. The molecule has 1 aromatic carbocycles. The molecule has 1 amide bonds. The zero-order valence-corrected chi connectivity index (χ0v) is 16.6. The highest BCUT2D eigenvalue weighted by atomic mass is 16.4. The Kier molecular flexibility index (Phi) is 5.22. The van der Waals surface area contributed by atoms with Crippen molar-refractivity contribution in [3.8, 4) is 0 Å². The number of amides is 1. The molecule has 0 fully saturated rings. The number of carboxylic acid groups (broad SMARTS) is 1. The summed E-state index contributed by atoms with van der Waals surface area (Å²) in [6, 6.07) is 9.88. The van der Waals surface area contributed by atoms with Crippen molar-refractivity contribution in [2.75, 3.05) is 6.54 Å². The van der Waals surface area contributed by atoms with Crippen LogP contribution in [0.15, 0.2) is 53.7 Å². The van der Waals surface area contributed by atoms with Crippen LogP contribution in [0.4, 0.5) is 0 Å². The Hall–Kier alpha value is -3.68. The third kappa shape index (κ3) is 3.76. The van der Waals surface area contributed by atoms with Crippen molar-refractivity contribution in [1.82, 2.24) is 19.0 Å². The predicted molar refractivity (Wildman–Crippen MR) is 109 cm³/mol. The molecule has 0 spiro atoms. The van der Waals surface area contributed by atoms with Gasteiger partial charge < -0.3 is 19.1 Å². The van der Waals surface area contributed by atoms with Gasteiger partial charge in [-0.1, -0.05) is 30.3 Å². The Morgan fingerprint density at radius 1 is 1.13 bits per heavy atom. The Labute approximate surface area is 173 Å². The molecule has 2 aromatic heterocycles. The normalized spacial score (nSPS) is 13.2. The van der Waals surface area contributed by atoms with Gasteiger partial charge in [0, 0.05) is 45.1 Å². The molecule has 0 atom stereocenters. The average molecular weight is 406 g/mol. The second-order valence-electron chi connectivity index (χ2n) is 7.39. The van der Waals surface area contributed by atoms with Gasteiger partial charge in [-0.05, 0) is 23.1 Å². The number of imidazole rings is 1. The lowest BCUT2D eigenvalue weighted by molar-refractivity contribution is -0.129. The fourth-order valence-corrected chi connectivity index (χ4v) is 3.89. The smallest absolute Gasteiger partial charge is 0.341 e. The summed E-state index contributed by atoms with van der Waals surface area (Å²) in [4.78, 5) is 42.6. The van der Waals surface area contributed by atoms with Crippen LogP contribution in [0.2, 0.25) is 0 Å². The predicted octanol–water partition coefficient (Wildman–Crippen LogP) is 1.74. The van der Waals surface area contributed by atoms with Gasteiger partial charge in [-0.25, -0.2) is 9.78 Å². The van der Waals surface area contributed by atoms with Gasteiger partial charge in [-0.15, -0.1) is 0 Å². The molecule has 0 saturated carbocycles. The van der Waals surface area contributed by atoms with Crippen LogP contribution in [0.5, 0.6) is 0 Å². The Morgan fingerprint density at radius 2 is 1.90 bits per heavy atom. The molecule has 4 rings (SSSR count). The molecular formula is C22H22N4O4. The summed E-state index contributed by atoms with van der Waals surface area (Å²) in [5, 5.41) is 9.68. The molecule has 0 aliphatic carbocycles. The van der Waals surface area contributed by atoms with E-state index in [1.807, 2.05) is 41.1 Å². The summed E-state index contributed by atoms with van der Waals surface area (Å²) in [7, 11) is 0. The standard InChI is InChI=1S/C22H22N4O4/c1-15(27)24-9-7-18-17(12-24)13-26(21(28)20(18)22(29)30)14-19-23-8-10-25(19)11-16-5-3-2-4-6-16/h2-6,8,10,13H,7,9,11-12,14H2,1H3,(H,29,30). The number of aromatic nitrogens is 3. The van der Waals surface area contributed by atoms with Crippen LogP contribution in [0.1, 0.15) is 39.8 Å². The SMILES string of the molecule is CC(=O)N1CCc2c(cn(Cc3nccn3Cc3ccccc3)c(=O)c2C(=O)O)C1. The molecule has 154 valence electrons. The van der Waals surface area contributed by atoms with Crippen molar-refractivity contribution in [3.63, 3.8) is 0 Å². The maximum absolute atomic E-state index is 13.0. The van der Waals surface area contributed by atoms with E-state index in [9.17, 15) is 19.5 Å². The molecule has 8 heteroatoms. The van der Waals surface area contributed by atoms with Crippen LogP contribution in [0, 0.1) is 0 Å². The Morgan fingerprint density at radius 3 is 2.60 bits per heavy atom. The molecule has 3 aromatic rings. The molecule has 0 radical (unpaired) electrons. The number of hydrogen-bond donors (Lipinski definition) is 1. The first-order valence-corrected chi connectivity index (χ1v) is 9.72.